The first-order valence-corrected chi connectivity index (χ1v) is 30.8. The SMILES string of the molecule is CC(C)(C)OC(=O)CC[C@@H](CC(=O)OCc1ccccc1)C(=O)O.CC(C)(C)OC(=O)CC[C@@H](N)C(=O)O.CN(C(=O)OCC1c2ccccc2-c2ccccc21)[C@H](CCC(=O)OC(C)(C)C)C(=O)O.CN(C(=O)OCc1ccccc1)[C@H](CCC(=O)OC(C)(C)C)C(=O)O. The lowest BCUT2D eigenvalue weighted by Gasteiger charge is -2.25. The van der Waals surface area contributed by atoms with Crippen molar-refractivity contribution in [2.24, 2.45) is 11.7 Å². The molecule has 25 nitrogen and oxygen atoms in total. The number of amides is 2. The lowest BCUT2D eigenvalue weighted by molar-refractivity contribution is -0.158. The lowest BCUT2D eigenvalue weighted by Crippen LogP contribution is -2.43. The summed E-state index contributed by atoms with van der Waals surface area (Å²) in [6.07, 6.45) is -2.01. The Morgan fingerprint density at radius 2 is 0.737 bits per heavy atom. The van der Waals surface area contributed by atoms with Crippen molar-refractivity contribution in [1.82, 2.24) is 9.80 Å². The topological polar surface area (TPSA) is 366 Å². The Hall–Kier alpha value is -9.39. The minimum absolute atomic E-state index is 0.0324. The van der Waals surface area contributed by atoms with E-state index in [1.165, 1.54) is 14.1 Å². The molecule has 0 heterocycles. The zero-order chi connectivity index (χ0) is 72.0. The standard InChI is InChI=1S/C25H29NO6.C18H25NO6.C18H24O6.C9H17NO4/c1-25(2,3)32-22(27)14-13-21(23(28)29)26(4)24(30)31-15-20-18-11-7-5-9-16(18)17-10-6-8-12-19(17)20;1-18(2,3)25-15(20)11-10-14(16(21)22)19(4)17(23)24-12-13-8-6-5-7-9-13;1-18(2,3)24-15(19)10-9-14(17(21)22)11-16(20)23-12-13-7-5-4-6-8-13;1-9(2,3)14-7(11)5-4-6(10)8(12)13/h5-12,20-21H,13-15H2,1-4H3,(H,28,29);5-9,14H,10-12H2,1-4H3,(H,21,22);4-8,14H,9-12H2,1-3H3,(H,21,22);6H,4-5,10H2,1-3H3,(H,12,13)/t21-;2*14-;6-/m1101/s1. The number of carboxylic acid groups (broad SMARTS) is 4. The van der Waals surface area contributed by atoms with Crippen LogP contribution in [0.4, 0.5) is 9.59 Å². The third-order valence-electron chi connectivity index (χ3n) is 13.2. The van der Waals surface area contributed by atoms with Gasteiger partial charge in [-0.15, -0.1) is 0 Å². The molecule has 25 heteroatoms. The Labute approximate surface area is 555 Å². The molecule has 4 aromatic rings. The fraction of sp³-hybridized carbons (Fsp3) is 0.500. The quantitative estimate of drug-likeness (QED) is 0.0288. The molecule has 0 bridgehead atoms. The Morgan fingerprint density at radius 3 is 1.08 bits per heavy atom. The van der Waals surface area contributed by atoms with Crippen LogP contribution in [0.25, 0.3) is 11.1 Å². The number of fused-ring (bicyclic) bond motifs is 3. The first-order valence-electron chi connectivity index (χ1n) is 30.8. The van der Waals surface area contributed by atoms with E-state index in [-0.39, 0.29) is 83.5 Å². The number of rotatable bonds is 26. The molecule has 522 valence electrons. The van der Waals surface area contributed by atoms with Crippen molar-refractivity contribution in [3.05, 3.63) is 131 Å². The number of carbonyl (C=O) groups excluding carboxylic acids is 7. The van der Waals surface area contributed by atoms with Crippen molar-refractivity contribution in [2.75, 3.05) is 20.7 Å². The van der Waals surface area contributed by atoms with E-state index in [1.54, 1.807) is 95.2 Å². The molecule has 1 aliphatic rings. The van der Waals surface area contributed by atoms with Gasteiger partial charge in [-0.05, 0) is 142 Å². The molecule has 0 saturated carbocycles. The van der Waals surface area contributed by atoms with E-state index in [0.29, 0.717) is 0 Å². The number of nitrogens with zero attached hydrogens (tertiary/aromatic N) is 2. The number of esters is 5. The number of nitrogens with two attached hydrogens (primary N) is 1. The molecule has 4 atom stereocenters. The van der Waals surface area contributed by atoms with Crippen molar-refractivity contribution in [3.8, 4) is 11.1 Å². The minimum Gasteiger partial charge on any atom is -0.481 e. The summed E-state index contributed by atoms with van der Waals surface area (Å²) in [5.74, 6) is -8.26. The summed E-state index contributed by atoms with van der Waals surface area (Å²) in [6, 6.07) is 30.8. The number of likely N-dealkylation sites (N-methyl/N-ethyl adjacent to an activating group) is 2. The molecule has 4 aromatic carbocycles. The van der Waals surface area contributed by atoms with Crippen molar-refractivity contribution < 1.29 is 106 Å². The van der Waals surface area contributed by atoms with Gasteiger partial charge in [0.05, 0.1) is 12.3 Å². The second-order valence-electron chi connectivity index (χ2n) is 26.1. The van der Waals surface area contributed by atoms with Gasteiger partial charge in [0.25, 0.3) is 0 Å². The monoisotopic (exact) mass is 1330 g/mol. The van der Waals surface area contributed by atoms with E-state index >= 15 is 0 Å². The smallest absolute Gasteiger partial charge is 0.410 e. The normalized spacial score (nSPS) is 12.9. The Bertz CT molecular complexity index is 3130. The average Bonchev–Trinajstić information content (AvgIpc) is 1.62. The number of aliphatic carboxylic acids is 4. The van der Waals surface area contributed by atoms with Gasteiger partial charge >= 0.3 is 65.9 Å². The van der Waals surface area contributed by atoms with Crippen LogP contribution in [0.15, 0.2) is 109 Å². The zero-order valence-electron chi connectivity index (χ0n) is 56.9. The zero-order valence-corrected chi connectivity index (χ0v) is 56.9. The highest BCUT2D eigenvalue weighted by atomic mass is 16.6. The number of benzene rings is 4. The molecule has 2 amide bonds. The highest BCUT2D eigenvalue weighted by molar-refractivity contribution is 5.83. The van der Waals surface area contributed by atoms with Crippen LogP contribution >= 0.6 is 0 Å². The van der Waals surface area contributed by atoms with Gasteiger partial charge in [-0.3, -0.25) is 43.4 Å². The van der Waals surface area contributed by atoms with Gasteiger partial charge in [-0.25, -0.2) is 19.2 Å². The molecule has 0 radical (unpaired) electrons. The molecule has 0 aromatic heterocycles. The van der Waals surface area contributed by atoms with Crippen LogP contribution < -0.4 is 5.73 Å². The number of hydrogen-bond acceptors (Lipinski definition) is 19. The maximum Gasteiger partial charge on any atom is 0.410 e. The number of carboxylic acids is 4. The van der Waals surface area contributed by atoms with Gasteiger partial charge in [-0.1, -0.05) is 109 Å². The van der Waals surface area contributed by atoms with Gasteiger partial charge in [0.1, 0.15) is 60.4 Å². The van der Waals surface area contributed by atoms with Crippen LogP contribution in [0.5, 0.6) is 0 Å². The maximum absolute atomic E-state index is 12.7. The molecule has 5 rings (SSSR count). The highest BCUT2D eigenvalue weighted by Crippen LogP contribution is 2.44. The van der Waals surface area contributed by atoms with E-state index in [0.717, 1.165) is 43.2 Å². The first-order chi connectivity index (χ1) is 44.1. The van der Waals surface area contributed by atoms with Gasteiger partial charge < -0.3 is 59.3 Å². The largest absolute Gasteiger partial charge is 0.481 e. The van der Waals surface area contributed by atoms with E-state index in [2.05, 4.69) is 0 Å². The fourth-order valence-electron chi connectivity index (χ4n) is 8.82. The van der Waals surface area contributed by atoms with Gasteiger partial charge in [0.2, 0.25) is 0 Å². The predicted molar refractivity (Wildman–Crippen MR) is 348 cm³/mol. The second-order valence-corrected chi connectivity index (χ2v) is 26.1. The van der Waals surface area contributed by atoms with E-state index < -0.39 is 112 Å². The summed E-state index contributed by atoms with van der Waals surface area (Å²) in [4.78, 5) is 130. The number of carbonyl (C=O) groups is 11. The van der Waals surface area contributed by atoms with Crippen LogP contribution in [0.1, 0.15) is 169 Å². The minimum atomic E-state index is -1.21. The predicted octanol–water partition coefficient (Wildman–Crippen LogP) is 10.7. The molecular formula is C70H95N3O22. The Kier molecular flexibility index (Phi) is 33.3. The van der Waals surface area contributed by atoms with Crippen molar-refractivity contribution >= 4 is 65.9 Å². The van der Waals surface area contributed by atoms with Gasteiger partial charge in [-0.2, -0.15) is 0 Å². The third kappa shape index (κ3) is 33.3. The Balaban J connectivity index is 0.000000447. The van der Waals surface area contributed by atoms with Gasteiger partial charge in [0, 0.05) is 45.7 Å². The van der Waals surface area contributed by atoms with Crippen LogP contribution in [-0.2, 0) is 89.5 Å². The van der Waals surface area contributed by atoms with Crippen LogP contribution in [0.3, 0.4) is 0 Å². The molecule has 0 aliphatic heterocycles. The average molecular weight is 1330 g/mol. The van der Waals surface area contributed by atoms with Crippen LogP contribution in [0.2, 0.25) is 0 Å². The summed E-state index contributed by atoms with van der Waals surface area (Å²) in [5, 5.41) is 36.5. The fourth-order valence-corrected chi connectivity index (χ4v) is 8.82. The summed E-state index contributed by atoms with van der Waals surface area (Å²) >= 11 is 0. The molecule has 0 saturated heterocycles. The molecule has 0 spiro atoms. The second kappa shape index (κ2) is 38.7. The van der Waals surface area contributed by atoms with E-state index in [1.807, 2.05) is 97.1 Å². The molecule has 6 N–H and O–H groups in total. The summed E-state index contributed by atoms with van der Waals surface area (Å²) < 4.78 is 36.2. The molecule has 0 fully saturated rings. The third-order valence-corrected chi connectivity index (χ3v) is 13.2. The van der Waals surface area contributed by atoms with Crippen molar-refractivity contribution in [3.63, 3.8) is 0 Å². The van der Waals surface area contributed by atoms with Crippen LogP contribution in [-0.4, -0.2) is 157 Å². The Morgan fingerprint density at radius 1 is 0.411 bits per heavy atom. The summed E-state index contributed by atoms with van der Waals surface area (Å²) in [6.45, 7) is 21.1. The van der Waals surface area contributed by atoms with E-state index in [9.17, 15) is 68.1 Å². The van der Waals surface area contributed by atoms with E-state index in [4.69, 9.17) is 44.0 Å². The lowest BCUT2D eigenvalue weighted by atomic mass is 9.98. The highest BCUT2D eigenvalue weighted by Gasteiger charge is 2.34. The van der Waals surface area contributed by atoms with Crippen LogP contribution in [0, 0.1) is 5.92 Å². The summed E-state index contributed by atoms with van der Waals surface area (Å²) in [5.41, 5.74) is 8.75. The summed E-state index contributed by atoms with van der Waals surface area (Å²) in [7, 11) is 2.70. The molecule has 95 heavy (non-hydrogen) atoms. The molecular weight excluding hydrogens is 1230 g/mol. The number of ether oxygens (including phenoxy) is 7. The van der Waals surface area contributed by atoms with Gasteiger partial charge in [0.15, 0.2) is 0 Å². The molecule has 0 unspecified atom stereocenters. The van der Waals surface area contributed by atoms with Crippen molar-refractivity contribution in [2.45, 2.75) is 201 Å². The van der Waals surface area contributed by atoms with Crippen molar-refractivity contribution in [1.29, 1.82) is 0 Å². The first kappa shape index (κ1) is 81.7. The number of hydrogen-bond donors (Lipinski definition) is 5. The maximum atomic E-state index is 12.7. The molecule has 1 aliphatic carbocycles.